The van der Waals surface area contributed by atoms with Gasteiger partial charge in [-0.15, -0.1) is 0 Å². The highest BCUT2D eigenvalue weighted by Crippen LogP contribution is 2.30. The summed E-state index contributed by atoms with van der Waals surface area (Å²) >= 11 is 0. The highest BCUT2D eigenvalue weighted by molar-refractivity contribution is 5.93. The van der Waals surface area contributed by atoms with Gasteiger partial charge in [-0.2, -0.15) is 0 Å². The fourth-order valence-electron chi connectivity index (χ4n) is 4.41. The largest absolute Gasteiger partial charge is 0.369 e. The standard InChI is InChI=1S/C23H32FN3O/c1-3-5-19(4-2)23(28)25-17-18-6-9-22(16-18)27-14-12-26(13-15-27)21-10-7-20(24)8-11-21/h3,5,7-8,10-11,18,22H,1,4,6,9,12-17H2,2H3,(H,25,28)/b19-5-/t18-,22+/m1/s1. The van der Waals surface area contributed by atoms with E-state index in [1.807, 2.05) is 19.1 Å². The van der Waals surface area contributed by atoms with Crippen molar-refractivity contribution in [3.8, 4) is 0 Å². The number of hydrogen-bond acceptors (Lipinski definition) is 3. The summed E-state index contributed by atoms with van der Waals surface area (Å²) < 4.78 is 13.1. The first-order valence-corrected chi connectivity index (χ1v) is 10.4. The van der Waals surface area contributed by atoms with Gasteiger partial charge in [0, 0.05) is 50.0 Å². The molecule has 2 atom stereocenters. The van der Waals surface area contributed by atoms with Crippen molar-refractivity contribution >= 4 is 11.6 Å². The number of carbonyl (C=O) groups excluding carboxylic acids is 1. The molecule has 28 heavy (non-hydrogen) atoms. The van der Waals surface area contributed by atoms with Crippen LogP contribution in [-0.4, -0.2) is 49.6 Å². The molecule has 1 aromatic rings. The fourth-order valence-corrected chi connectivity index (χ4v) is 4.41. The van der Waals surface area contributed by atoms with Gasteiger partial charge in [0.2, 0.25) is 5.91 Å². The number of piperazine rings is 1. The Morgan fingerprint density at radius 1 is 1.21 bits per heavy atom. The van der Waals surface area contributed by atoms with E-state index < -0.39 is 0 Å². The molecule has 152 valence electrons. The molecule has 1 aromatic carbocycles. The number of nitrogens with one attached hydrogen (secondary N) is 1. The first-order valence-electron chi connectivity index (χ1n) is 10.4. The molecule has 1 N–H and O–H groups in total. The lowest BCUT2D eigenvalue weighted by Crippen LogP contribution is -2.50. The van der Waals surface area contributed by atoms with Crippen molar-refractivity contribution in [2.24, 2.45) is 5.92 Å². The van der Waals surface area contributed by atoms with Gasteiger partial charge in [-0.05, 0) is 55.9 Å². The zero-order valence-electron chi connectivity index (χ0n) is 16.9. The Balaban J connectivity index is 1.42. The van der Waals surface area contributed by atoms with Crippen molar-refractivity contribution in [3.05, 3.63) is 54.4 Å². The third-order valence-electron chi connectivity index (χ3n) is 6.08. The quantitative estimate of drug-likeness (QED) is 0.573. The second-order valence-electron chi connectivity index (χ2n) is 7.82. The van der Waals surface area contributed by atoms with Gasteiger partial charge in [-0.25, -0.2) is 4.39 Å². The minimum absolute atomic E-state index is 0.0405. The average Bonchev–Trinajstić information content (AvgIpc) is 3.20. The van der Waals surface area contributed by atoms with Gasteiger partial charge in [-0.1, -0.05) is 25.7 Å². The summed E-state index contributed by atoms with van der Waals surface area (Å²) in [5.41, 5.74) is 1.90. The molecular formula is C23H32FN3O. The summed E-state index contributed by atoms with van der Waals surface area (Å²) in [6, 6.07) is 7.42. The Morgan fingerprint density at radius 2 is 1.93 bits per heavy atom. The minimum atomic E-state index is -0.183. The minimum Gasteiger partial charge on any atom is -0.369 e. The van der Waals surface area contributed by atoms with Gasteiger partial charge in [0.25, 0.3) is 0 Å². The number of hydrogen-bond donors (Lipinski definition) is 1. The van der Waals surface area contributed by atoms with Crippen molar-refractivity contribution in [3.63, 3.8) is 0 Å². The molecule has 1 aliphatic carbocycles. The summed E-state index contributed by atoms with van der Waals surface area (Å²) in [6.45, 7) is 10.5. The summed E-state index contributed by atoms with van der Waals surface area (Å²) in [4.78, 5) is 17.2. The number of rotatable bonds is 7. The maximum atomic E-state index is 13.1. The van der Waals surface area contributed by atoms with Crippen LogP contribution in [0.15, 0.2) is 48.6 Å². The van der Waals surface area contributed by atoms with Crippen molar-refractivity contribution < 1.29 is 9.18 Å². The van der Waals surface area contributed by atoms with Crippen LogP contribution in [-0.2, 0) is 4.79 Å². The zero-order valence-corrected chi connectivity index (χ0v) is 16.9. The average molecular weight is 386 g/mol. The Hall–Kier alpha value is -2.14. The molecule has 0 bridgehead atoms. The molecule has 2 fully saturated rings. The van der Waals surface area contributed by atoms with Gasteiger partial charge >= 0.3 is 0 Å². The van der Waals surface area contributed by atoms with E-state index in [0.717, 1.165) is 56.8 Å². The Morgan fingerprint density at radius 3 is 2.57 bits per heavy atom. The topological polar surface area (TPSA) is 35.6 Å². The summed E-state index contributed by atoms with van der Waals surface area (Å²) in [6.07, 6.45) is 7.74. The third kappa shape index (κ3) is 5.22. The van der Waals surface area contributed by atoms with E-state index in [2.05, 4.69) is 21.7 Å². The Kier molecular flexibility index (Phi) is 7.26. The molecule has 1 aliphatic heterocycles. The monoisotopic (exact) mass is 385 g/mol. The molecule has 1 saturated heterocycles. The van der Waals surface area contributed by atoms with Crippen LogP contribution < -0.4 is 10.2 Å². The maximum Gasteiger partial charge on any atom is 0.247 e. The Labute approximate surface area is 168 Å². The number of allylic oxidation sites excluding steroid dienone is 2. The lowest BCUT2D eigenvalue weighted by Gasteiger charge is -2.39. The van der Waals surface area contributed by atoms with Crippen molar-refractivity contribution in [2.75, 3.05) is 37.6 Å². The molecule has 0 spiro atoms. The summed E-state index contributed by atoms with van der Waals surface area (Å²) in [7, 11) is 0. The first-order chi connectivity index (χ1) is 13.6. The number of amides is 1. The first kappa shape index (κ1) is 20.6. The predicted octanol–water partition coefficient (Wildman–Crippen LogP) is 3.76. The van der Waals surface area contributed by atoms with Crippen molar-refractivity contribution in [2.45, 2.75) is 38.6 Å². The molecule has 5 heteroatoms. The van der Waals surface area contributed by atoms with Crippen LogP contribution in [0.2, 0.25) is 0 Å². The number of anilines is 1. The predicted molar refractivity (Wildman–Crippen MR) is 113 cm³/mol. The van der Waals surface area contributed by atoms with E-state index in [0.29, 0.717) is 12.0 Å². The summed E-state index contributed by atoms with van der Waals surface area (Å²) in [5.74, 6) is 0.419. The van der Waals surface area contributed by atoms with Gasteiger partial charge in [0.15, 0.2) is 0 Å². The highest BCUT2D eigenvalue weighted by Gasteiger charge is 2.31. The van der Waals surface area contributed by atoms with E-state index in [1.165, 1.54) is 25.0 Å². The van der Waals surface area contributed by atoms with Crippen molar-refractivity contribution in [1.29, 1.82) is 0 Å². The van der Waals surface area contributed by atoms with Crippen LogP contribution in [0.3, 0.4) is 0 Å². The number of halogens is 1. The van der Waals surface area contributed by atoms with Crippen LogP contribution in [0.4, 0.5) is 10.1 Å². The van der Waals surface area contributed by atoms with Crippen LogP contribution in [0.25, 0.3) is 0 Å². The third-order valence-corrected chi connectivity index (χ3v) is 6.08. The molecule has 0 aromatic heterocycles. The van der Waals surface area contributed by atoms with Gasteiger partial charge in [-0.3, -0.25) is 9.69 Å². The number of benzene rings is 1. The van der Waals surface area contributed by atoms with Gasteiger partial charge < -0.3 is 10.2 Å². The van der Waals surface area contributed by atoms with E-state index >= 15 is 0 Å². The van der Waals surface area contributed by atoms with Crippen LogP contribution in [0.5, 0.6) is 0 Å². The molecule has 0 radical (unpaired) electrons. The smallest absolute Gasteiger partial charge is 0.247 e. The van der Waals surface area contributed by atoms with E-state index in [-0.39, 0.29) is 11.7 Å². The normalized spacial score (nSPS) is 23.6. The summed E-state index contributed by atoms with van der Waals surface area (Å²) in [5, 5.41) is 3.10. The van der Waals surface area contributed by atoms with E-state index in [1.54, 1.807) is 12.2 Å². The van der Waals surface area contributed by atoms with Gasteiger partial charge in [0.1, 0.15) is 5.82 Å². The zero-order chi connectivity index (χ0) is 19.9. The van der Waals surface area contributed by atoms with Crippen molar-refractivity contribution in [1.82, 2.24) is 10.2 Å². The number of carbonyl (C=O) groups is 1. The fraction of sp³-hybridized carbons (Fsp3) is 0.522. The molecule has 1 saturated carbocycles. The van der Waals surface area contributed by atoms with E-state index in [4.69, 9.17) is 0 Å². The van der Waals surface area contributed by atoms with Crippen LogP contribution in [0.1, 0.15) is 32.6 Å². The maximum absolute atomic E-state index is 13.1. The SMILES string of the molecule is C=C/C=C(/CC)C(=O)NC[C@@H]1CC[C@H](N2CCN(c3ccc(F)cc3)CC2)C1. The molecule has 3 rings (SSSR count). The van der Waals surface area contributed by atoms with E-state index in [9.17, 15) is 9.18 Å². The molecule has 4 nitrogen and oxygen atoms in total. The lowest BCUT2D eigenvalue weighted by atomic mass is 10.1. The van der Waals surface area contributed by atoms with Crippen LogP contribution >= 0.6 is 0 Å². The van der Waals surface area contributed by atoms with Gasteiger partial charge in [0.05, 0.1) is 0 Å². The van der Waals surface area contributed by atoms with Crippen LogP contribution in [0, 0.1) is 11.7 Å². The highest BCUT2D eigenvalue weighted by atomic mass is 19.1. The Bertz CT molecular complexity index is 692. The molecule has 1 amide bonds. The second kappa shape index (κ2) is 9.87. The molecule has 2 aliphatic rings. The number of nitrogens with zero attached hydrogens (tertiary/aromatic N) is 2. The lowest BCUT2D eigenvalue weighted by molar-refractivity contribution is -0.117. The molecular weight excluding hydrogens is 353 g/mol. The second-order valence-corrected chi connectivity index (χ2v) is 7.82. The molecule has 1 heterocycles. The molecule has 0 unspecified atom stereocenters.